The van der Waals surface area contributed by atoms with Gasteiger partial charge < -0.3 is 10.0 Å². The van der Waals surface area contributed by atoms with E-state index in [0.717, 1.165) is 19.3 Å². The van der Waals surface area contributed by atoms with Crippen molar-refractivity contribution in [1.29, 1.82) is 0 Å². The van der Waals surface area contributed by atoms with Crippen LogP contribution in [0.5, 0.6) is 0 Å². The van der Waals surface area contributed by atoms with Gasteiger partial charge in [-0.2, -0.15) is 0 Å². The Morgan fingerprint density at radius 3 is 2.27 bits per heavy atom. The quantitative estimate of drug-likeness (QED) is 0.660. The standard InChI is InChI=1S/C11H21NO3/c1-4-5-6-7-10(13)12(9(2)3)8-11(14)15/h9H,4-8H2,1-3H3,(H,14,15). The second kappa shape index (κ2) is 7.26. The van der Waals surface area contributed by atoms with Crippen LogP contribution in [0.4, 0.5) is 0 Å². The molecule has 0 saturated carbocycles. The maximum absolute atomic E-state index is 11.7. The molecule has 0 heterocycles. The highest BCUT2D eigenvalue weighted by Gasteiger charge is 2.18. The fourth-order valence-corrected chi connectivity index (χ4v) is 1.37. The van der Waals surface area contributed by atoms with Gasteiger partial charge in [-0.3, -0.25) is 9.59 Å². The van der Waals surface area contributed by atoms with Gasteiger partial charge in [-0.05, 0) is 20.3 Å². The molecule has 0 spiro atoms. The van der Waals surface area contributed by atoms with Gasteiger partial charge in [-0.25, -0.2) is 0 Å². The first kappa shape index (κ1) is 13.9. The van der Waals surface area contributed by atoms with Crippen molar-refractivity contribution in [1.82, 2.24) is 4.90 Å². The van der Waals surface area contributed by atoms with Crippen LogP contribution >= 0.6 is 0 Å². The number of unbranched alkanes of at least 4 members (excludes halogenated alkanes) is 2. The summed E-state index contributed by atoms with van der Waals surface area (Å²) < 4.78 is 0. The molecule has 0 aliphatic heterocycles. The molecule has 0 rings (SSSR count). The third kappa shape index (κ3) is 6.10. The smallest absolute Gasteiger partial charge is 0.323 e. The summed E-state index contributed by atoms with van der Waals surface area (Å²) >= 11 is 0. The van der Waals surface area contributed by atoms with Crippen LogP contribution in [0.1, 0.15) is 46.5 Å². The van der Waals surface area contributed by atoms with Gasteiger partial charge in [0.1, 0.15) is 6.54 Å². The predicted molar refractivity (Wildman–Crippen MR) is 58.6 cm³/mol. The molecule has 4 nitrogen and oxygen atoms in total. The van der Waals surface area contributed by atoms with Gasteiger partial charge in [-0.15, -0.1) is 0 Å². The average Bonchev–Trinajstić information content (AvgIpc) is 2.13. The number of carbonyl (C=O) groups excluding carboxylic acids is 1. The number of nitrogens with zero attached hydrogens (tertiary/aromatic N) is 1. The lowest BCUT2D eigenvalue weighted by molar-refractivity contribution is -0.145. The van der Waals surface area contributed by atoms with E-state index in [1.165, 1.54) is 4.90 Å². The summed E-state index contributed by atoms with van der Waals surface area (Å²) in [7, 11) is 0. The Morgan fingerprint density at radius 1 is 1.27 bits per heavy atom. The number of carbonyl (C=O) groups is 2. The molecule has 0 saturated heterocycles. The van der Waals surface area contributed by atoms with Crippen LogP contribution in [0.2, 0.25) is 0 Å². The van der Waals surface area contributed by atoms with Crippen molar-refractivity contribution < 1.29 is 14.7 Å². The van der Waals surface area contributed by atoms with Crippen molar-refractivity contribution >= 4 is 11.9 Å². The highest BCUT2D eigenvalue weighted by Crippen LogP contribution is 2.06. The molecular formula is C11H21NO3. The lowest BCUT2D eigenvalue weighted by Gasteiger charge is -2.24. The molecule has 0 bridgehead atoms. The molecular weight excluding hydrogens is 194 g/mol. The van der Waals surface area contributed by atoms with E-state index in [2.05, 4.69) is 6.92 Å². The predicted octanol–water partition coefficient (Wildman–Crippen LogP) is 1.89. The van der Waals surface area contributed by atoms with Gasteiger partial charge in [0.15, 0.2) is 0 Å². The number of carboxylic acid groups (broad SMARTS) is 1. The maximum Gasteiger partial charge on any atom is 0.323 e. The van der Waals surface area contributed by atoms with E-state index >= 15 is 0 Å². The molecule has 0 atom stereocenters. The number of hydrogen-bond donors (Lipinski definition) is 1. The molecule has 88 valence electrons. The second-order valence-corrected chi connectivity index (χ2v) is 3.97. The highest BCUT2D eigenvalue weighted by molar-refractivity contribution is 5.81. The summed E-state index contributed by atoms with van der Waals surface area (Å²) in [5, 5.41) is 8.66. The summed E-state index contributed by atoms with van der Waals surface area (Å²) in [5.74, 6) is -1.01. The van der Waals surface area contributed by atoms with Crippen molar-refractivity contribution in [3.05, 3.63) is 0 Å². The summed E-state index contributed by atoms with van der Waals surface area (Å²) in [5.41, 5.74) is 0. The van der Waals surface area contributed by atoms with Crippen LogP contribution in [-0.2, 0) is 9.59 Å². The normalized spacial score (nSPS) is 10.4. The van der Waals surface area contributed by atoms with Crippen LogP contribution in [0, 0.1) is 0 Å². The Hall–Kier alpha value is -1.06. The minimum absolute atomic E-state index is 0.0461. The monoisotopic (exact) mass is 215 g/mol. The van der Waals surface area contributed by atoms with Crippen LogP contribution in [0.3, 0.4) is 0 Å². The van der Waals surface area contributed by atoms with Gasteiger partial charge in [0.2, 0.25) is 5.91 Å². The second-order valence-electron chi connectivity index (χ2n) is 3.97. The summed E-state index contributed by atoms with van der Waals surface area (Å²) in [6.45, 7) is 5.55. The first-order chi connectivity index (χ1) is 6.99. The van der Waals surface area contributed by atoms with Crippen molar-refractivity contribution in [2.45, 2.75) is 52.5 Å². The van der Waals surface area contributed by atoms with E-state index in [9.17, 15) is 9.59 Å². The molecule has 0 unspecified atom stereocenters. The number of hydrogen-bond acceptors (Lipinski definition) is 2. The zero-order valence-electron chi connectivity index (χ0n) is 9.82. The Labute approximate surface area is 91.3 Å². The third-order valence-electron chi connectivity index (χ3n) is 2.24. The zero-order chi connectivity index (χ0) is 11.8. The Morgan fingerprint density at radius 2 is 1.87 bits per heavy atom. The van der Waals surface area contributed by atoms with Crippen molar-refractivity contribution in [2.24, 2.45) is 0 Å². The molecule has 1 N–H and O–H groups in total. The van der Waals surface area contributed by atoms with Crippen LogP contribution < -0.4 is 0 Å². The summed E-state index contributed by atoms with van der Waals surface area (Å²) in [6, 6.07) is -0.0461. The van der Waals surface area contributed by atoms with Crippen LogP contribution in [-0.4, -0.2) is 34.5 Å². The third-order valence-corrected chi connectivity index (χ3v) is 2.24. The fraction of sp³-hybridized carbons (Fsp3) is 0.818. The van der Waals surface area contributed by atoms with Crippen molar-refractivity contribution in [3.63, 3.8) is 0 Å². The highest BCUT2D eigenvalue weighted by atomic mass is 16.4. The lowest BCUT2D eigenvalue weighted by Crippen LogP contribution is -2.40. The molecule has 0 aromatic rings. The molecule has 0 aromatic carbocycles. The number of rotatable bonds is 7. The SMILES string of the molecule is CCCCCC(=O)N(CC(=O)O)C(C)C. The van der Waals surface area contributed by atoms with E-state index in [1.807, 2.05) is 13.8 Å². The zero-order valence-corrected chi connectivity index (χ0v) is 9.82. The van der Waals surface area contributed by atoms with E-state index in [1.54, 1.807) is 0 Å². The van der Waals surface area contributed by atoms with Crippen LogP contribution in [0.25, 0.3) is 0 Å². The van der Waals surface area contributed by atoms with Gasteiger partial charge >= 0.3 is 5.97 Å². The van der Waals surface area contributed by atoms with E-state index < -0.39 is 5.97 Å². The van der Waals surface area contributed by atoms with E-state index in [0.29, 0.717) is 6.42 Å². The van der Waals surface area contributed by atoms with Gasteiger partial charge in [0, 0.05) is 12.5 Å². The lowest BCUT2D eigenvalue weighted by atomic mass is 10.1. The largest absolute Gasteiger partial charge is 0.480 e. The van der Waals surface area contributed by atoms with E-state index in [4.69, 9.17) is 5.11 Å². The average molecular weight is 215 g/mol. The van der Waals surface area contributed by atoms with Gasteiger partial charge in [-0.1, -0.05) is 19.8 Å². The summed E-state index contributed by atoms with van der Waals surface area (Å²) in [4.78, 5) is 23.6. The minimum atomic E-state index is -0.951. The first-order valence-electron chi connectivity index (χ1n) is 5.50. The molecule has 1 amide bonds. The van der Waals surface area contributed by atoms with E-state index in [-0.39, 0.29) is 18.5 Å². The van der Waals surface area contributed by atoms with Crippen LogP contribution in [0.15, 0.2) is 0 Å². The fourth-order valence-electron chi connectivity index (χ4n) is 1.37. The maximum atomic E-state index is 11.7. The summed E-state index contributed by atoms with van der Waals surface area (Å²) in [6.07, 6.45) is 3.39. The van der Waals surface area contributed by atoms with Gasteiger partial charge in [0.05, 0.1) is 0 Å². The Kier molecular flexibility index (Phi) is 6.75. The number of carboxylic acids is 1. The molecule has 0 aromatic heterocycles. The van der Waals surface area contributed by atoms with Crippen molar-refractivity contribution in [3.8, 4) is 0 Å². The first-order valence-corrected chi connectivity index (χ1v) is 5.50. The van der Waals surface area contributed by atoms with Crippen molar-refractivity contribution in [2.75, 3.05) is 6.54 Å². The number of amides is 1. The van der Waals surface area contributed by atoms with Gasteiger partial charge in [0.25, 0.3) is 0 Å². The minimum Gasteiger partial charge on any atom is -0.480 e. The Balaban J connectivity index is 4.11. The number of aliphatic carboxylic acids is 1. The molecule has 4 heteroatoms. The molecule has 0 fully saturated rings. The molecule has 0 aliphatic carbocycles. The Bertz CT molecular complexity index is 214. The molecule has 0 aliphatic rings. The molecule has 0 radical (unpaired) electrons. The molecule has 15 heavy (non-hydrogen) atoms. The topological polar surface area (TPSA) is 57.6 Å².